The number of hydrogen-bond acceptors (Lipinski definition) is 12. The van der Waals surface area contributed by atoms with Gasteiger partial charge in [0, 0.05) is 12.8 Å². The molecule has 14 heteroatoms. The average molecular weight is 809 g/mol. The van der Waals surface area contributed by atoms with Gasteiger partial charge in [-0.25, -0.2) is 4.57 Å². The minimum atomic E-state index is -5.11. The van der Waals surface area contributed by atoms with Crippen molar-refractivity contribution in [3.63, 3.8) is 0 Å². The summed E-state index contributed by atoms with van der Waals surface area (Å²) in [5, 5.41) is 50.0. The van der Waals surface area contributed by atoms with Crippen LogP contribution in [-0.4, -0.2) is 98.3 Å². The molecule has 0 bridgehead atoms. The third-order valence-corrected chi connectivity index (χ3v) is 11.1. The molecule has 0 heterocycles. The number of ether oxygens (including phenoxy) is 2. The summed E-state index contributed by atoms with van der Waals surface area (Å²) in [5.74, 6) is -1.10. The quantitative estimate of drug-likeness (QED) is 0.0159. The Balaban J connectivity index is 2.50. The summed E-state index contributed by atoms with van der Waals surface area (Å²) < 4.78 is 33.4. The number of allylic oxidation sites excluding steroid dienone is 2. The lowest BCUT2D eigenvalue weighted by molar-refractivity contribution is -0.220. The van der Waals surface area contributed by atoms with Crippen LogP contribution in [0.3, 0.4) is 0 Å². The maximum absolute atomic E-state index is 12.8. The van der Waals surface area contributed by atoms with Crippen molar-refractivity contribution in [1.29, 1.82) is 0 Å². The third-order valence-electron chi connectivity index (χ3n) is 10.1. The maximum atomic E-state index is 12.8. The van der Waals surface area contributed by atoms with Crippen molar-refractivity contribution >= 4 is 19.8 Å². The molecule has 0 saturated heterocycles. The predicted molar refractivity (Wildman–Crippen MR) is 212 cm³/mol. The van der Waals surface area contributed by atoms with Gasteiger partial charge in [0.25, 0.3) is 0 Å². The van der Waals surface area contributed by atoms with Crippen molar-refractivity contribution in [3.8, 4) is 0 Å². The normalized spacial score (nSPS) is 23.1. The van der Waals surface area contributed by atoms with E-state index in [-0.39, 0.29) is 12.8 Å². The Morgan fingerprint density at radius 1 is 0.545 bits per heavy atom. The molecule has 6 unspecified atom stereocenters. The van der Waals surface area contributed by atoms with E-state index in [0.29, 0.717) is 12.8 Å². The van der Waals surface area contributed by atoms with Crippen LogP contribution in [0.2, 0.25) is 0 Å². The van der Waals surface area contributed by atoms with Crippen LogP contribution in [0.25, 0.3) is 0 Å². The van der Waals surface area contributed by atoms with E-state index >= 15 is 0 Å². The zero-order valence-corrected chi connectivity index (χ0v) is 34.9. The fourth-order valence-corrected chi connectivity index (χ4v) is 7.55. The molecule has 6 N–H and O–H groups in total. The topological polar surface area (TPSA) is 210 Å². The summed E-state index contributed by atoms with van der Waals surface area (Å²) in [6.45, 7) is 3.26. The zero-order valence-electron chi connectivity index (χ0n) is 34.0. The van der Waals surface area contributed by atoms with Crippen LogP contribution in [0.4, 0.5) is 0 Å². The van der Waals surface area contributed by atoms with Crippen LogP contribution in [-0.2, 0) is 32.7 Å². The Morgan fingerprint density at radius 3 is 1.38 bits per heavy atom. The van der Waals surface area contributed by atoms with Gasteiger partial charge in [0.1, 0.15) is 43.2 Å². The van der Waals surface area contributed by atoms with E-state index in [2.05, 4.69) is 26.0 Å². The van der Waals surface area contributed by atoms with Gasteiger partial charge in [-0.3, -0.25) is 18.6 Å². The second-order valence-electron chi connectivity index (χ2n) is 15.2. The number of esters is 2. The van der Waals surface area contributed by atoms with E-state index in [1.165, 1.54) is 77.0 Å². The lowest BCUT2D eigenvalue weighted by Gasteiger charge is -2.41. The van der Waals surface area contributed by atoms with Crippen LogP contribution in [0.5, 0.6) is 0 Å². The Hall–Kier alpha value is -1.41. The molecule has 1 saturated carbocycles. The number of phosphoric acid groups is 1. The van der Waals surface area contributed by atoms with Crippen LogP contribution < -0.4 is 0 Å². The molecule has 0 aromatic heterocycles. The van der Waals surface area contributed by atoms with E-state index in [0.717, 1.165) is 64.2 Å². The molecule has 13 nitrogen and oxygen atoms in total. The SMILES string of the molecule is CCCCCCC/C=C/CCCCCCCC(=O)OC[C@H](COP(=O)(O)OC1C(O)C(O)C(O)[C@@H](O)C1O)OC(=O)CCCCCCCCCCCCCC. The second kappa shape index (κ2) is 32.5. The molecule has 0 spiro atoms. The van der Waals surface area contributed by atoms with Crippen molar-refractivity contribution in [1.82, 2.24) is 0 Å². The van der Waals surface area contributed by atoms with Crippen LogP contribution in [0.1, 0.15) is 181 Å². The van der Waals surface area contributed by atoms with Gasteiger partial charge >= 0.3 is 19.8 Å². The average Bonchev–Trinajstić information content (AvgIpc) is 3.16. The van der Waals surface area contributed by atoms with Gasteiger partial charge in [0.05, 0.1) is 6.61 Å². The number of carbonyl (C=O) groups is 2. The minimum absolute atomic E-state index is 0.0998. The highest BCUT2D eigenvalue weighted by Crippen LogP contribution is 2.47. The minimum Gasteiger partial charge on any atom is -0.462 e. The van der Waals surface area contributed by atoms with Crippen molar-refractivity contribution in [2.75, 3.05) is 13.2 Å². The molecular formula is C41H77O13P. The Labute approximate surface area is 331 Å². The summed E-state index contributed by atoms with van der Waals surface area (Å²) >= 11 is 0. The number of rotatable bonds is 35. The Bertz CT molecular complexity index is 1030. The lowest BCUT2D eigenvalue weighted by atomic mass is 9.85. The highest BCUT2D eigenvalue weighted by atomic mass is 31.2. The molecule has 1 fully saturated rings. The van der Waals surface area contributed by atoms with Gasteiger partial charge in [-0.15, -0.1) is 0 Å². The first-order valence-corrected chi connectivity index (χ1v) is 23.0. The highest BCUT2D eigenvalue weighted by molar-refractivity contribution is 7.47. The summed E-state index contributed by atoms with van der Waals surface area (Å²) in [7, 11) is -5.11. The van der Waals surface area contributed by atoms with Gasteiger partial charge in [-0.2, -0.15) is 0 Å². The van der Waals surface area contributed by atoms with Gasteiger partial charge in [-0.05, 0) is 38.5 Å². The molecule has 1 aliphatic rings. The molecular weight excluding hydrogens is 731 g/mol. The van der Waals surface area contributed by atoms with Gasteiger partial charge < -0.3 is 39.9 Å². The second-order valence-corrected chi connectivity index (χ2v) is 16.6. The number of carbonyl (C=O) groups excluding carboxylic acids is 2. The number of hydrogen-bond donors (Lipinski definition) is 6. The summed E-state index contributed by atoms with van der Waals surface area (Å²) in [6, 6.07) is 0. The van der Waals surface area contributed by atoms with E-state index in [4.69, 9.17) is 18.5 Å². The van der Waals surface area contributed by atoms with E-state index in [1.807, 2.05) is 0 Å². The fraction of sp³-hybridized carbons (Fsp3) is 0.902. The van der Waals surface area contributed by atoms with Gasteiger partial charge in [0.15, 0.2) is 6.10 Å². The summed E-state index contributed by atoms with van der Waals surface area (Å²) in [5.41, 5.74) is 0. The molecule has 1 rings (SSSR count). The molecule has 0 aliphatic heterocycles. The number of unbranched alkanes of at least 4 members (excludes halogenated alkanes) is 21. The standard InChI is InChI=1S/C41H77O13P/c1-3-5-7-9-11-13-15-17-18-20-21-23-25-27-29-34(42)51-31-33(53-35(43)30-28-26-24-22-19-16-14-12-10-8-6-4-2)32-52-55(49,50)54-41-39(47)37(45)36(44)38(46)40(41)48/h15,17,33,36-41,44-48H,3-14,16,18-32H2,1-2H3,(H,49,50)/b17-15+/t33-,36?,37-,38?,39?,40?,41?/m1/s1. The van der Waals surface area contributed by atoms with Crippen LogP contribution >= 0.6 is 7.82 Å². The van der Waals surface area contributed by atoms with Crippen molar-refractivity contribution < 1.29 is 63.1 Å². The van der Waals surface area contributed by atoms with E-state index in [9.17, 15) is 44.6 Å². The first-order valence-electron chi connectivity index (χ1n) is 21.5. The summed E-state index contributed by atoms with van der Waals surface area (Å²) in [4.78, 5) is 35.5. The Kier molecular flexibility index (Phi) is 30.5. The molecule has 0 aromatic carbocycles. The highest BCUT2D eigenvalue weighted by Gasteiger charge is 2.51. The van der Waals surface area contributed by atoms with E-state index in [1.54, 1.807) is 0 Å². The summed E-state index contributed by atoms with van der Waals surface area (Å²) in [6.07, 6.45) is 18.5. The van der Waals surface area contributed by atoms with Crippen molar-refractivity contribution in [2.24, 2.45) is 0 Å². The molecule has 55 heavy (non-hydrogen) atoms. The van der Waals surface area contributed by atoms with Crippen LogP contribution in [0.15, 0.2) is 12.2 Å². The molecule has 0 radical (unpaired) electrons. The fourth-order valence-electron chi connectivity index (χ4n) is 6.58. The molecule has 0 amide bonds. The molecule has 324 valence electrons. The van der Waals surface area contributed by atoms with Gasteiger partial charge in [0.2, 0.25) is 0 Å². The van der Waals surface area contributed by atoms with E-state index < -0.39 is 75.7 Å². The number of aliphatic hydroxyl groups excluding tert-OH is 5. The number of aliphatic hydroxyl groups is 5. The monoisotopic (exact) mass is 809 g/mol. The first-order chi connectivity index (χ1) is 26.4. The Morgan fingerprint density at radius 2 is 0.927 bits per heavy atom. The lowest BCUT2D eigenvalue weighted by Crippen LogP contribution is -2.64. The third kappa shape index (κ3) is 25.5. The predicted octanol–water partition coefficient (Wildman–Crippen LogP) is 7.50. The zero-order chi connectivity index (χ0) is 40.7. The first kappa shape index (κ1) is 51.6. The number of phosphoric ester groups is 1. The molecule has 0 aromatic rings. The molecule has 1 aliphatic carbocycles. The smallest absolute Gasteiger partial charge is 0.462 e. The van der Waals surface area contributed by atoms with Crippen molar-refractivity contribution in [3.05, 3.63) is 12.2 Å². The van der Waals surface area contributed by atoms with Gasteiger partial charge in [-0.1, -0.05) is 142 Å². The largest absolute Gasteiger partial charge is 0.472 e. The molecule has 8 atom stereocenters. The maximum Gasteiger partial charge on any atom is 0.472 e. The van der Waals surface area contributed by atoms with Crippen LogP contribution in [0, 0.1) is 0 Å². The van der Waals surface area contributed by atoms with Crippen molar-refractivity contribution in [2.45, 2.75) is 224 Å².